The first-order valence-electron chi connectivity index (χ1n) is 8.75. The Morgan fingerprint density at radius 1 is 1.00 bits per heavy atom. The average molecular weight is 374 g/mol. The number of benzene rings is 2. The Hall–Kier alpha value is -3.87. The van der Waals surface area contributed by atoms with E-state index in [1.54, 1.807) is 12.1 Å². The summed E-state index contributed by atoms with van der Waals surface area (Å²) in [5, 5.41) is 3.45. The molecule has 0 bridgehead atoms. The lowest BCUT2D eigenvalue weighted by molar-refractivity contribution is 0.628. The number of anilines is 1. The zero-order chi connectivity index (χ0) is 19.5. The highest BCUT2D eigenvalue weighted by Gasteiger charge is 2.13. The van der Waals surface area contributed by atoms with Crippen molar-refractivity contribution in [2.24, 2.45) is 16.5 Å². The molecule has 0 aliphatic carbocycles. The first-order valence-corrected chi connectivity index (χ1v) is 8.75. The standard InChI is InChI=1S/C21H19FN6/c22-16-8-6-15(7-9-16)19-20(28-12-2-1-3-18(28)27-19)25-13-14-4-10-17(11-5-14)26-21(23)24/h1-12,25H,13H2,(H4,23,24,26). The number of aliphatic imine (C=N–C) groups is 1. The monoisotopic (exact) mass is 374 g/mol. The maximum absolute atomic E-state index is 13.3. The van der Waals surface area contributed by atoms with Crippen molar-refractivity contribution in [2.75, 3.05) is 5.32 Å². The number of nitrogens with zero attached hydrogens (tertiary/aromatic N) is 3. The number of hydrogen-bond donors (Lipinski definition) is 3. The van der Waals surface area contributed by atoms with Gasteiger partial charge in [0.05, 0.1) is 5.69 Å². The highest BCUT2D eigenvalue weighted by atomic mass is 19.1. The Morgan fingerprint density at radius 2 is 1.75 bits per heavy atom. The number of aromatic nitrogens is 2. The highest BCUT2D eigenvalue weighted by Crippen LogP contribution is 2.29. The van der Waals surface area contributed by atoms with Crippen molar-refractivity contribution in [1.82, 2.24) is 9.38 Å². The van der Waals surface area contributed by atoms with E-state index in [0.29, 0.717) is 12.2 Å². The van der Waals surface area contributed by atoms with Gasteiger partial charge in [0.15, 0.2) is 5.96 Å². The fourth-order valence-corrected chi connectivity index (χ4v) is 3.00. The van der Waals surface area contributed by atoms with Crippen LogP contribution < -0.4 is 16.8 Å². The third-order valence-electron chi connectivity index (χ3n) is 4.30. The number of imidazole rings is 1. The van der Waals surface area contributed by atoms with Crippen molar-refractivity contribution in [3.05, 3.63) is 84.3 Å². The Kier molecular flexibility index (Phi) is 4.63. The third kappa shape index (κ3) is 3.64. The number of halogens is 1. The molecule has 0 fully saturated rings. The summed E-state index contributed by atoms with van der Waals surface area (Å²) in [6.07, 6.45) is 1.94. The van der Waals surface area contributed by atoms with Gasteiger partial charge in [0.2, 0.25) is 0 Å². The quantitative estimate of drug-likeness (QED) is 0.367. The minimum atomic E-state index is -0.275. The van der Waals surface area contributed by atoms with Gasteiger partial charge in [-0.1, -0.05) is 18.2 Å². The Bertz CT molecular complexity index is 1130. The van der Waals surface area contributed by atoms with E-state index in [1.165, 1.54) is 12.1 Å². The number of guanidine groups is 1. The summed E-state index contributed by atoms with van der Waals surface area (Å²) in [6, 6.07) is 19.8. The molecule has 140 valence electrons. The minimum Gasteiger partial charge on any atom is -0.370 e. The van der Waals surface area contributed by atoms with E-state index < -0.39 is 0 Å². The lowest BCUT2D eigenvalue weighted by Gasteiger charge is -2.09. The van der Waals surface area contributed by atoms with E-state index in [0.717, 1.165) is 28.3 Å². The molecule has 5 N–H and O–H groups in total. The van der Waals surface area contributed by atoms with Crippen LogP contribution in [0.4, 0.5) is 15.9 Å². The number of fused-ring (bicyclic) bond motifs is 1. The second-order valence-electron chi connectivity index (χ2n) is 6.30. The first-order chi connectivity index (χ1) is 13.6. The maximum atomic E-state index is 13.3. The summed E-state index contributed by atoms with van der Waals surface area (Å²) in [6.45, 7) is 0.582. The summed E-state index contributed by atoms with van der Waals surface area (Å²) < 4.78 is 15.3. The fraction of sp³-hybridized carbons (Fsp3) is 0.0476. The topological polar surface area (TPSA) is 93.7 Å². The van der Waals surface area contributed by atoms with E-state index >= 15 is 0 Å². The molecule has 0 saturated carbocycles. The Labute approximate surface area is 161 Å². The zero-order valence-electron chi connectivity index (χ0n) is 15.0. The summed E-state index contributed by atoms with van der Waals surface area (Å²) in [7, 11) is 0. The number of pyridine rings is 1. The average Bonchev–Trinajstić information content (AvgIpc) is 3.06. The molecule has 0 spiro atoms. The number of hydrogen-bond acceptors (Lipinski definition) is 3. The van der Waals surface area contributed by atoms with Crippen LogP contribution in [0, 0.1) is 5.82 Å². The van der Waals surface area contributed by atoms with Gasteiger partial charge in [0, 0.05) is 18.3 Å². The van der Waals surface area contributed by atoms with E-state index in [4.69, 9.17) is 16.5 Å². The van der Waals surface area contributed by atoms with Crippen LogP contribution in [0.5, 0.6) is 0 Å². The summed E-state index contributed by atoms with van der Waals surface area (Å²) >= 11 is 0. The maximum Gasteiger partial charge on any atom is 0.191 e. The smallest absolute Gasteiger partial charge is 0.191 e. The normalized spacial score (nSPS) is 10.8. The van der Waals surface area contributed by atoms with Gasteiger partial charge in [-0.3, -0.25) is 4.40 Å². The van der Waals surface area contributed by atoms with E-state index in [-0.39, 0.29) is 11.8 Å². The van der Waals surface area contributed by atoms with Crippen LogP contribution in [0.25, 0.3) is 16.9 Å². The molecular weight excluding hydrogens is 355 g/mol. The first kappa shape index (κ1) is 17.5. The van der Waals surface area contributed by atoms with Gasteiger partial charge in [-0.05, 0) is 54.1 Å². The minimum absolute atomic E-state index is 0.0283. The van der Waals surface area contributed by atoms with Crippen molar-refractivity contribution in [3.63, 3.8) is 0 Å². The fourth-order valence-electron chi connectivity index (χ4n) is 3.00. The molecule has 2 aromatic carbocycles. The van der Waals surface area contributed by atoms with Gasteiger partial charge in [-0.15, -0.1) is 0 Å². The van der Waals surface area contributed by atoms with Crippen LogP contribution in [-0.2, 0) is 6.54 Å². The lowest BCUT2D eigenvalue weighted by atomic mass is 10.1. The molecule has 0 aliphatic heterocycles. The van der Waals surface area contributed by atoms with Gasteiger partial charge in [-0.2, -0.15) is 0 Å². The molecule has 0 aliphatic rings. The summed E-state index contributed by atoms with van der Waals surface area (Å²) in [4.78, 5) is 8.72. The van der Waals surface area contributed by atoms with Crippen LogP contribution in [0.2, 0.25) is 0 Å². The van der Waals surface area contributed by atoms with Gasteiger partial charge >= 0.3 is 0 Å². The molecule has 0 saturated heterocycles. The zero-order valence-corrected chi connectivity index (χ0v) is 15.0. The molecule has 0 amide bonds. The Morgan fingerprint density at radius 3 is 2.46 bits per heavy atom. The molecule has 4 rings (SSSR count). The molecule has 0 atom stereocenters. The number of nitrogens with one attached hydrogen (secondary N) is 1. The predicted molar refractivity (Wildman–Crippen MR) is 110 cm³/mol. The molecule has 28 heavy (non-hydrogen) atoms. The SMILES string of the molecule is NC(N)=Nc1ccc(CNc2c(-c3ccc(F)cc3)nc3ccccn23)cc1. The van der Waals surface area contributed by atoms with E-state index in [1.807, 2.05) is 53.1 Å². The van der Waals surface area contributed by atoms with Crippen LogP contribution in [0.15, 0.2) is 77.9 Å². The molecule has 4 aromatic rings. The highest BCUT2D eigenvalue weighted by molar-refractivity contribution is 5.79. The van der Waals surface area contributed by atoms with Crippen LogP contribution in [-0.4, -0.2) is 15.3 Å². The van der Waals surface area contributed by atoms with E-state index in [9.17, 15) is 4.39 Å². The number of rotatable bonds is 5. The molecular formula is C21H19FN6. The van der Waals surface area contributed by atoms with Gasteiger partial charge < -0.3 is 16.8 Å². The molecule has 7 heteroatoms. The van der Waals surface area contributed by atoms with Crippen molar-refractivity contribution < 1.29 is 4.39 Å². The predicted octanol–water partition coefficient (Wildman–Crippen LogP) is 3.66. The molecule has 0 unspecified atom stereocenters. The van der Waals surface area contributed by atoms with Crippen molar-refractivity contribution >= 4 is 23.1 Å². The second-order valence-corrected chi connectivity index (χ2v) is 6.30. The number of nitrogens with two attached hydrogens (primary N) is 2. The molecule has 6 nitrogen and oxygen atoms in total. The molecule has 2 aromatic heterocycles. The molecule has 0 radical (unpaired) electrons. The van der Waals surface area contributed by atoms with Crippen molar-refractivity contribution in [1.29, 1.82) is 0 Å². The second kappa shape index (κ2) is 7.40. The lowest BCUT2D eigenvalue weighted by Crippen LogP contribution is -2.21. The van der Waals surface area contributed by atoms with Crippen LogP contribution in [0.1, 0.15) is 5.56 Å². The molecule has 2 heterocycles. The summed E-state index contributed by atoms with van der Waals surface area (Å²) in [5.41, 5.74) is 15.0. The third-order valence-corrected chi connectivity index (χ3v) is 4.30. The van der Waals surface area contributed by atoms with Crippen LogP contribution in [0.3, 0.4) is 0 Å². The van der Waals surface area contributed by atoms with Gasteiger partial charge in [-0.25, -0.2) is 14.4 Å². The summed E-state index contributed by atoms with van der Waals surface area (Å²) in [5.74, 6) is 0.596. The van der Waals surface area contributed by atoms with Crippen molar-refractivity contribution in [3.8, 4) is 11.3 Å². The van der Waals surface area contributed by atoms with E-state index in [2.05, 4.69) is 10.3 Å². The van der Waals surface area contributed by atoms with Crippen LogP contribution >= 0.6 is 0 Å². The van der Waals surface area contributed by atoms with Gasteiger partial charge in [0.25, 0.3) is 0 Å². The Balaban J connectivity index is 1.65. The van der Waals surface area contributed by atoms with Crippen molar-refractivity contribution in [2.45, 2.75) is 6.54 Å². The van der Waals surface area contributed by atoms with Gasteiger partial charge in [0.1, 0.15) is 23.0 Å². The largest absolute Gasteiger partial charge is 0.370 e.